The molecule has 0 amide bonds. The van der Waals surface area contributed by atoms with Gasteiger partial charge in [0.2, 0.25) is 0 Å². The van der Waals surface area contributed by atoms with Crippen molar-refractivity contribution in [2.24, 2.45) is 0 Å². The molecule has 0 fully saturated rings. The number of fused-ring (bicyclic) bond motifs is 1. The highest BCUT2D eigenvalue weighted by atomic mass is 35.5. The van der Waals surface area contributed by atoms with Crippen molar-refractivity contribution >= 4 is 34.0 Å². The Morgan fingerprint density at radius 3 is 2.74 bits per heavy atom. The molecule has 0 saturated heterocycles. The first-order valence-corrected chi connectivity index (χ1v) is 6.95. The molecule has 0 saturated carbocycles. The largest absolute Gasteiger partial charge is 0.383 e. The fourth-order valence-corrected chi connectivity index (χ4v) is 3.31. The Hall–Kier alpha value is -1.56. The van der Waals surface area contributed by atoms with E-state index >= 15 is 0 Å². The SMILES string of the molecule is Cc1csc(C(O)c2ccc3[nH]c(=O)[nH]c3c2)c1Cl. The summed E-state index contributed by atoms with van der Waals surface area (Å²) in [7, 11) is 0. The molecular weight excluding hydrogens is 284 g/mol. The molecule has 4 nitrogen and oxygen atoms in total. The zero-order valence-electron chi connectivity index (χ0n) is 10.0. The third kappa shape index (κ3) is 2.10. The predicted octanol–water partition coefficient (Wildman–Crippen LogP) is 2.96. The van der Waals surface area contributed by atoms with E-state index in [-0.39, 0.29) is 5.69 Å². The average molecular weight is 295 g/mol. The first-order chi connectivity index (χ1) is 9.06. The van der Waals surface area contributed by atoms with Gasteiger partial charge in [-0.3, -0.25) is 0 Å². The van der Waals surface area contributed by atoms with E-state index in [1.807, 2.05) is 12.3 Å². The van der Waals surface area contributed by atoms with E-state index in [1.165, 1.54) is 11.3 Å². The highest BCUT2D eigenvalue weighted by molar-refractivity contribution is 7.10. The van der Waals surface area contributed by atoms with Gasteiger partial charge in [0.1, 0.15) is 6.10 Å². The lowest BCUT2D eigenvalue weighted by Gasteiger charge is -2.10. The number of rotatable bonds is 2. The molecule has 0 radical (unpaired) electrons. The van der Waals surface area contributed by atoms with Crippen molar-refractivity contribution in [1.29, 1.82) is 0 Å². The molecule has 2 aromatic heterocycles. The summed E-state index contributed by atoms with van der Waals surface area (Å²) in [4.78, 5) is 17.3. The molecule has 0 aliphatic rings. The molecule has 0 bridgehead atoms. The number of aromatic amines is 2. The summed E-state index contributed by atoms with van der Waals surface area (Å²) in [6.45, 7) is 1.90. The highest BCUT2D eigenvalue weighted by Gasteiger charge is 2.18. The molecule has 3 N–H and O–H groups in total. The van der Waals surface area contributed by atoms with E-state index in [1.54, 1.807) is 18.2 Å². The Morgan fingerprint density at radius 2 is 2.05 bits per heavy atom. The molecular formula is C13H11ClN2O2S. The number of aliphatic hydroxyl groups is 1. The summed E-state index contributed by atoms with van der Waals surface area (Å²) in [5, 5.41) is 12.9. The number of halogens is 1. The maximum atomic E-state index is 11.2. The Kier molecular flexibility index (Phi) is 2.97. The number of hydrogen-bond acceptors (Lipinski definition) is 3. The van der Waals surface area contributed by atoms with Crippen LogP contribution in [0.3, 0.4) is 0 Å². The van der Waals surface area contributed by atoms with Gasteiger partial charge in [0.05, 0.1) is 20.9 Å². The Balaban J connectivity index is 2.08. The van der Waals surface area contributed by atoms with Crippen molar-refractivity contribution < 1.29 is 5.11 Å². The lowest BCUT2D eigenvalue weighted by atomic mass is 10.1. The first-order valence-electron chi connectivity index (χ1n) is 5.70. The van der Waals surface area contributed by atoms with Crippen molar-refractivity contribution in [3.05, 3.63) is 55.1 Å². The summed E-state index contributed by atoms with van der Waals surface area (Å²) in [5.74, 6) is 0. The number of aliphatic hydroxyl groups excluding tert-OH is 1. The van der Waals surface area contributed by atoms with Gasteiger partial charge in [-0.25, -0.2) is 4.79 Å². The molecule has 0 aliphatic heterocycles. The molecule has 1 atom stereocenters. The molecule has 2 heterocycles. The highest BCUT2D eigenvalue weighted by Crippen LogP contribution is 2.35. The number of H-pyrrole nitrogens is 2. The molecule has 3 rings (SSSR count). The van der Waals surface area contributed by atoms with Crippen LogP contribution in [0.4, 0.5) is 0 Å². The van der Waals surface area contributed by atoms with Gasteiger partial charge in [-0.2, -0.15) is 0 Å². The minimum Gasteiger partial charge on any atom is -0.383 e. The van der Waals surface area contributed by atoms with E-state index in [0.29, 0.717) is 16.1 Å². The van der Waals surface area contributed by atoms with Crippen LogP contribution in [-0.4, -0.2) is 15.1 Å². The molecule has 98 valence electrons. The summed E-state index contributed by atoms with van der Waals surface area (Å²) >= 11 is 7.59. The second-order valence-corrected chi connectivity index (χ2v) is 5.67. The zero-order valence-corrected chi connectivity index (χ0v) is 11.6. The van der Waals surface area contributed by atoms with E-state index in [0.717, 1.165) is 16.0 Å². The number of thiophene rings is 1. The Labute approximate surface area is 117 Å². The average Bonchev–Trinajstić information content (AvgIpc) is 2.91. The monoisotopic (exact) mass is 294 g/mol. The van der Waals surface area contributed by atoms with Crippen molar-refractivity contribution in [1.82, 2.24) is 9.97 Å². The first kappa shape index (κ1) is 12.5. The van der Waals surface area contributed by atoms with E-state index < -0.39 is 6.10 Å². The smallest absolute Gasteiger partial charge is 0.323 e. The van der Waals surface area contributed by atoms with Crippen LogP contribution < -0.4 is 5.69 Å². The normalized spacial score (nSPS) is 13.0. The van der Waals surface area contributed by atoms with Crippen LogP contribution in [0.1, 0.15) is 22.1 Å². The summed E-state index contributed by atoms with van der Waals surface area (Å²) in [6.07, 6.45) is -0.783. The van der Waals surface area contributed by atoms with Crippen molar-refractivity contribution in [3.63, 3.8) is 0 Å². The second-order valence-electron chi connectivity index (χ2n) is 4.38. The quantitative estimate of drug-likeness (QED) is 0.680. The van der Waals surface area contributed by atoms with E-state index in [2.05, 4.69) is 9.97 Å². The van der Waals surface area contributed by atoms with Crippen LogP contribution in [0.15, 0.2) is 28.4 Å². The second kappa shape index (κ2) is 4.52. The topological polar surface area (TPSA) is 68.9 Å². The fourth-order valence-electron chi connectivity index (χ4n) is 2.01. The third-order valence-corrected chi connectivity index (χ3v) is 4.80. The van der Waals surface area contributed by atoms with Crippen LogP contribution >= 0.6 is 22.9 Å². The van der Waals surface area contributed by atoms with Crippen LogP contribution in [0.5, 0.6) is 0 Å². The fraction of sp³-hybridized carbons (Fsp3) is 0.154. The van der Waals surface area contributed by atoms with Crippen molar-refractivity contribution in [2.45, 2.75) is 13.0 Å². The van der Waals surface area contributed by atoms with Gasteiger partial charge in [-0.15, -0.1) is 11.3 Å². The van der Waals surface area contributed by atoms with Crippen LogP contribution in [0.25, 0.3) is 11.0 Å². The van der Waals surface area contributed by atoms with Gasteiger partial charge < -0.3 is 15.1 Å². The minimum absolute atomic E-state index is 0.258. The molecule has 3 aromatic rings. The molecule has 19 heavy (non-hydrogen) atoms. The maximum absolute atomic E-state index is 11.2. The molecule has 0 aliphatic carbocycles. The zero-order chi connectivity index (χ0) is 13.6. The van der Waals surface area contributed by atoms with Gasteiger partial charge in [0, 0.05) is 0 Å². The maximum Gasteiger partial charge on any atom is 0.323 e. The number of nitrogens with one attached hydrogen (secondary N) is 2. The molecule has 1 unspecified atom stereocenters. The van der Waals surface area contributed by atoms with Gasteiger partial charge in [-0.1, -0.05) is 17.7 Å². The van der Waals surface area contributed by atoms with Gasteiger partial charge in [-0.05, 0) is 35.6 Å². The van der Waals surface area contributed by atoms with Crippen LogP contribution in [-0.2, 0) is 0 Å². The van der Waals surface area contributed by atoms with Crippen molar-refractivity contribution in [2.75, 3.05) is 0 Å². The summed E-state index contributed by atoms with van der Waals surface area (Å²) < 4.78 is 0. The summed E-state index contributed by atoms with van der Waals surface area (Å²) in [6, 6.07) is 5.30. The van der Waals surface area contributed by atoms with Gasteiger partial charge >= 0.3 is 5.69 Å². The van der Waals surface area contributed by atoms with Crippen molar-refractivity contribution in [3.8, 4) is 0 Å². The molecule has 6 heteroatoms. The Bertz CT molecular complexity index is 802. The predicted molar refractivity (Wildman–Crippen MR) is 77.0 cm³/mol. The number of imidazole rings is 1. The minimum atomic E-state index is -0.783. The standard InChI is InChI=1S/C13H11ClN2O2S/c1-6-5-19-12(10(6)14)11(17)7-2-3-8-9(4-7)16-13(18)15-8/h2-5,11,17H,1H3,(H2,15,16,18). The third-order valence-electron chi connectivity index (χ3n) is 3.03. The number of aromatic nitrogens is 2. The lowest BCUT2D eigenvalue weighted by Crippen LogP contribution is -1.99. The molecule has 1 aromatic carbocycles. The number of benzene rings is 1. The lowest BCUT2D eigenvalue weighted by molar-refractivity contribution is 0.224. The summed E-state index contributed by atoms with van der Waals surface area (Å²) in [5.41, 5.74) is 2.79. The van der Waals surface area contributed by atoms with Crippen LogP contribution in [0.2, 0.25) is 5.02 Å². The Morgan fingerprint density at radius 1 is 1.32 bits per heavy atom. The molecule has 0 spiro atoms. The van der Waals surface area contributed by atoms with Gasteiger partial charge in [0.15, 0.2) is 0 Å². The van der Waals surface area contributed by atoms with E-state index in [9.17, 15) is 9.90 Å². The van der Waals surface area contributed by atoms with Crippen LogP contribution in [0, 0.1) is 6.92 Å². The van der Waals surface area contributed by atoms with E-state index in [4.69, 9.17) is 11.6 Å². The number of aryl methyl sites for hydroxylation is 1. The van der Waals surface area contributed by atoms with Gasteiger partial charge in [0.25, 0.3) is 0 Å². The number of hydrogen-bond donors (Lipinski definition) is 3.